The maximum Gasteiger partial charge on any atom is 0.328 e. The highest BCUT2D eigenvalue weighted by Crippen LogP contribution is 2.25. The Bertz CT molecular complexity index is 1280. The number of nitrogens with one attached hydrogen (secondary N) is 1. The molecule has 2 heterocycles. The molecule has 2 aromatic heterocycles. The van der Waals surface area contributed by atoms with E-state index in [0.29, 0.717) is 17.0 Å². The molecule has 4 aromatic rings. The van der Waals surface area contributed by atoms with Gasteiger partial charge >= 0.3 is 5.69 Å². The number of rotatable bonds is 4. The number of nitrogens with zero attached hydrogens (tertiary/aromatic N) is 3. The molecule has 0 saturated heterocycles. The van der Waals surface area contributed by atoms with Crippen molar-refractivity contribution in [1.82, 2.24) is 14.1 Å². The molecule has 29 heavy (non-hydrogen) atoms. The van der Waals surface area contributed by atoms with Gasteiger partial charge < -0.3 is 10.1 Å². The number of ether oxygens (including phenoxy) is 1. The molecular weight excluding hydrogens is 436 g/mol. The normalized spacial score (nSPS) is 10.9. The van der Waals surface area contributed by atoms with Gasteiger partial charge in [-0.15, -0.1) is 0 Å². The summed E-state index contributed by atoms with van der Waals surface area (Å²) in [6.45, 7) is 0. The third-order valence-electron chi connectivity index (χ3n) is 4.57. The van der Waals surface area contributed by atoms with E-state index in [0.717, 1.165) is 15.5 Å². The number of anilines is 1. The highest BCUT2D eigenvalue weighted by molar-refractivity contribution is 9.10. The maximum atomic E-state index is 12.9. The van der Waals surface area contributed by atoms with Gasteiger partial charge in [-0.25, -0.2) is 9.78 Å². The summed E-state index contributed by atoms with van der Waals surface area (Å²) in [5.74, 6) is 0.424. The van der Waals surface area contributed by atoms with Crippen molar-refractivity contribution >= 4 is 38.6 Å². The predicted molar refractivity (Wildman–Crippen MR) is 115 cm³/mol. The number of aromatic nitrogens is 3. The molecule has 1 N–H and O–H groups in total. The van der Waals surface area contributed by atoms with E-state index >= 15 is 0 Å². The fourth-order valence-electron chi connectivity index (χ4n) is 3.04. The first kappa shape index (κ1) is 18.9. The molecule has 0 aliphatic carbocycles. The number of hydrogen-bond donors (Lipinski definition) is 1. The molecule has 0 unspecified atom stereocenters. The molecule has 2 aromatic carbocycles. The number of hydrogen-bond acceptors (Lipinski definition) is 4. The van der Waals surface area contributed by atoms with E-state index in [-0.39, 0.29) is 17.5 Å². The lowest BCUT2D eigenvalue weighted by molar-refractivity contribution is 0.102. The Morgan fingerprint density at radius 2 is 1.76 bits per heavy atom. The Hall–Kier alpha value is -3.39. The molecule has 0 saturated carbocycles. The fourth-order valence-corrected chi connectivity index (χ4v) is 3.31. The zero-order valence-electron chi connectivity index (χ0n) is 15.7. The van der Waals surface area contributed by atoms with Crippen molar-refractivity contribution in [2.24, 2.45) is 14.1 Å². The van der Waals surface area contributed by atoms with Crippen LogP contribution in [0.4, 0.5) is 5.69 Å². The predicted octanol–water partition coefficient (Wildman–Crippen LogP) is 4.08. The Kier molecular flexibility index (Phi) is 4.94. The lowest BCUT2D eigenvalue weighted by Crippen LogP contribution is -2.19. The molecular formula is C21H17BrN4O3. The SMILES string of the molecule is Cn1c(=O)n(C)c2cc(NC(=O)c3cccnc3Oc3ccc(Br)cc3)ccc21. The molecule has 0 fully saturated rings. The Balaban J connectivity index is 1.62. The summed E-state index contributed by atoms with van der Waals surface area (Å²) < 4.78 is 9.82. The molecule has 0 aliphatic heterocycles. The minimum Gasteiger partial charge on any atom is -0.438 e. The summed E-state index contributed by atoms with van der Waals surface area (Å²) in [5.41, 5.74) is 2.27. The van der Waals surface area contributed by atoms with E-state index < -0.39 is 0 Å². The first-order valence-corrected chi connectivity index (χ1v) is 9.58. The number of pyridine rings is 1. The summed E-state index contributed by atoms with van der Waals surface area (Å²) in [6.07, 6.45) is 1.57. The Labute approximate surface area is 174 Å². The average Bonchev–Trinajstić information content (AvgIpc) is 2.94. The maximum absolute atomic E-state index is 12.9. The highest BCUT2D eigenvalue weighted by Gasteiger charge is 2.16. The fraction of sp³-hybridized carbons (Fsp3) is 0.0952. The van der Waals surface area contributed by atoms with E-state index in [4.69, 9.17) is 4.74 Å². The first-order valence-electron chi connectivity index (χ1n) is 8.79. The van der Waals surface area contributed by atoms with Crippen molar-refractivity contribution in [2.45, 2.75) is 0 Å². The van der Waals surface area contributed by atoms with Crippen molar-refractivity contribution in [1.29, 1.82) is 0 Å². The minimum absolute atomic E-state index is 0.124. The quantitative estimate of drug-likeness (QED) is 0.505. The van der Waals surface area contributed by atoms with Crippen LogP contribution in [0.5, 0.6) is 11.6 Å². The Morgan fingerprint density at radius 1 is 1.03 bits per heavy atom. The van der Waals surface area contributed by atoms with E-state index in [9.17, 15) is 9.59 Å². The van der Waals surface area contributed by atoms with E-state index in [1.807, 2.05) is 12.1 Å². The van der Waals surface area contributed by atoms with Crippen molar-refractivity contribution in [3.63, 3.8) is 0 Å². The zero-order valence-corrected chi connectivity index (χ0v) is 17.3. The largest absolute Gasteiger partial charge is 0.438 e. The number of amides is 1. The van der Waals surface area contributed by atoms with Crippen molar-refractivity contribution in [3.8, 4) is 11.6 Å². The first-order chi connectivity index (χ1) is 13.9. The lowest BCUT2D eigenvalue weighted by Gasteiger charge is -2.11. The molecule has 0 spiro atoms. The van der Waals surface area contributed by atoms with Crippen molar-refractivity contribution < 1.29 is 9.53 Å². The number of carbonyl (C=O) groups is 1. The van der Waals surface area contributed by atoms with Gasteiger partial charge in [-0.1, -0.05) is 15.9 Å². The van der Waals surface area contributed by atoms with E-state index in [2.05, 4.69) is 26.2 Å². The third kappa shape index (κ3) is 3.66. The molecule has 0 radical (unpaired) electrons. The molecule has 7 nitrogen and oxygen atoms in total. The van der Waals surface area contributed by atoms with Crippen molar-refractivity contribution in [3.05, 3.63) is 81.3 Å². The van der Waals surface area contributed by atoms with Crippen LogP contribution in [0.1, 0.15) is 10.4 Å². The van der Waals surface area contributed by atoms with Gasteiger partial charge in [0.1, 0.15) is 11.3 Å². The molecule has 0 bridgehead atoms. The highest BCUT2D eigenvalue weighted by atomic mass is 79.9. The average molecular weight is 453 g/mol. The van der Waals surface area contributed by atoms with Crippen LogP contribution in [0.15, 0.2) is 70.1 Å². The van der Waals surface area contributed by atoms with Crippen LogP contribution < -0.4 is 15.7 Å². The standard InChI is InChI=1S/C21H17BrN4O3/c1-25-17-10-7-14(12-18(17)26(2)21(25)28)24-19(27)16-4-3-11-23-20(16)29-15-8-5-13(22)6-9-15/h3-12H,1-2H3,(H,24,27). The Morgan fingerprint density at radius 3 is 2.52 bits per heavy atom. The number of imidazole rings is 1. The number of benzene rings is 2. The molecule has 1 amide bonds. The van der Waals surface area contributed by atoms with Gasteiger partial charge in [-0.3, -0.25) is 13.9 Å². The van der Waals surface area contributed by atoms with Crippen LogP contribution in [0.25, 0.3) is 11.0 Å². The number of aryl methyl sites for hydroxylation is 2. The number of carbonyl (C=O) groups excluding carboxylic acids is 1. The third-order valence-corrected chi connectivity index (χ3v) is 5.10. The monoisotopic (exact) mass is 452 g/mol. The smallest absolute Gasteiger partial charge is 0.328 e. The molecule has 0 aliphatic rings. The summed E-state index contributed by atoms with van der Waals surface area (Å²) in [6, 6.07) is 15.9. The minimum atomic E-state index is -0.356. The number of fused-ring (bicyclic) bond motifs is 1. The van der Waals surface area contributed by atoms with Crippen molar-refractivity contribution in [2.75, 3.05) is 5.32 Å². The second-order valence-electron chi connectivity index (χ2n) is 6.47. The van der Waals surface area contributed by atoms with Gasteiger partial charge in [0.2, 0.25) is 5.88 Å². The van der Waals surface area contributed by atoms with Gasteiger partial charge in [0, 0.05) is 30.5 Å². The van der Waals surface area contributed by atoms with Crippen LogP contribution in [-0.2, 0) is 14.1 Å². The van der Waals surface area contributed by atoms with Gasteiger partial charge in [0.05, 0.1) is 11.0 Å². The van der Waals surface area contributed by atoms with E-state index in [1.54, 1.807) is 67.3 Å². The summed E-state index contributed by atoms with van der Waals surface area (Å²) in [5, 5.41) is 2.85. The van der Waals surface area contributed by atoms with E-state index in [1.165, 1.54) is 4.57 Å². The van der Waals surface area contributed by atoms with Gasteiger partial charge in [-0.05, 0) is 54.6 Å². The number of halogens is 1. The van der Waals surface area contributed by atoms with Crippen LogP contribution in [0, 0.1) is 0 Å². The van der Waals surface area contributed by atoms with Gasteiger partial charge in [0.15, 0.2) is 0 Å². The lowest BCUT2D eigenvalue weighted by atomic mass is 10.2. The second-order valence-corrected chi connectivity index (χ2v) is 7.39. The topological polar surface area (TPSA) is 78.2 Å². The van der Waals surface area contributed by atoms with Crippen LogP contribution in [-0.4, -0.2) is 20.0 Å². The molecule has 0 atom stereocenters. The summed E-state index contributed by atoms with van der Waals surface area (Å²) in [4.78, 5) is 29.1. The van der Waals surface area contributed by atoms with Crippen LogP contribution >= 0.6 is 15.9 Å². The zero-order chi connectivity index (χ0) is 20.5. The second kappa shape index (κ2) is 7.56. The summed E-state index contributed by atoms with van der Waals surface area (Å²) >= 11 is 3.38. The van der Waals surface area contributed by atoms with Crippen LogP contribution in [0.2, 0.25) is 0 Å². The molecule has 8 heteroatoms. The van der Waals surface area contributed by atoms with Crippen LogP contribution in [0.3, 0.4) is 0 Å². The summed E-state index contributed by atoms with van der Waals surface area (Å²) in [7, 11) is 3.41. The molecule has 4 rings (SSSR count). The van der Waals surface area contributed by atoms with Gasteiger partial charge in [-0.2, -0.15) is 0 Å². The molecule has 146 valence electrons. The van der Waals surface area contributed by atoms with Gasteiger partial charge in [0.25, 0.3) is 5.91 Å².